The zero-order valence-electron chi connectivity index (χ0n) is 10.5. The molecular weight excluding hydrogens is 268 g/mol. The quantitative estimate of drug-likeness (QED) is 0.319. The molecular formula is C13H25BrO2. The maximum absolute atomic E-state index is 10.5. The van der Waals surface area contributed by atoms with Crippen molar-refractivity contribution in [1.29, 1.82) is 0 Å². The van der Waals surface area contributed by atoms with E-state index in [1.807, 2.05) is 0 Å². The summed E-state index contributed by atoms with van der Waals surface area (Å²) in [5.74, 6) is -0.160. The largest absolute Gasteiger partial charge is 0.466 e. The summed E-state index contributed by atoms with van der Waals surface area (Å²) in [5, 5.41) is 1.14. The third-order valence-electron chi connectivity index (χ3n) is 2.58. The van der Waals surface area contributed by atoms with Crippen LogP contribution in [-0.4, -0.2) is 17.9 Å². The van der Waals surface area contributed by atoms with Crippen molar-refractivity contribution in [2.45, 2.75) is 64.7 Å². The van der Waals surface area contributed by atoms with E-state index >= 15 is 0 Å². The number of rotatable bonds is 11. The van der Waals surface area contributed by atoms with E-state index in [-0.39, 0.29) is 5.97 Å². The molecule has 96 valence electrons. The van der Waals surface area contributed by atoms with Crippen LogP contribution in [-0.2, 0) is 9.53 Å². The summed E-state index contributed by atoms with van der Waals surface area (Å²) in [6, 6.07) is 0. The van der Waals surface area contributed by atoms with E-state index in [2.05, 4.69) is 15.9 Å². The van der Waals surface area contributed by atoms with Gasteiger partial charge >= 0.3 is 5.97 Å². The molecule has 0 bridgehead atoms. The fourth-order valence-electron chi connectivity index (χ4n) is 1.65. The van der Waals surface area contributed by atoms with E-state index in [0.29, 0.717) is 6.61 Å². The molecule has 0 heterocycles. The minimum atomic E-state index is -0.160. The zero-order chi connectivity index (χ0) is 12.1. The first-order valence-corrected chi connectivity index (χ1v) is 7.59. The summed E-state index contributed by atoms with van der Waals surface area (Å²) in [5.41, 5.74) is 0. The van der Waals surface area contributed by atoms with Crippen molar-refractivity contribution < 1.29 is 9.53 Å². The molecule has 0 amide bonds. The fraction of sp³-hybridized carbons (Fsp3) is 0.923. The highest BCUT2D eigenvalue weighted by Gasteiger charge is 1.94. The monoisotopic (exact) mass is 292 g/mol. The molecule has 0 spiro atoms. The number of carbonyl (C=O) groups is 1. The van der Waals surface area contributed by atoms with Crippen molar-refractivity contribution in [1.82, 2.24) is 0 Å². The molecule has 0 aliphatic rings. The molecule has 16 heavy (non-hydrogen) atoms. The van der Waals surface area contributed by atoms with Gasteiger partial charge in [-0.3, -0.25) is 4.79 Å². The number of hydrogen-bond donors (Lipinski definition) is 0. The molecule has 0 aliphatic heterocycles. The number of ether oxygens (including phenoxy) is 1. The van der Waals surface area contributed by atoms with Gasteiger partial charge < -0.3 is 4.74 Å². The molecule has 2 nitrogen and oxygen atoms in total. The Bertz CT molecular complexity index is 160. The Morgan fingerprint density at radius 2 is 1.31 bits per heavy atom. The Labute approximate surface area is 108 Å². The number of alkyl halides is 1. The predicted molar refractivity (Wildman–Crippen MR) is 72.0 cm³/mol. The molecule has 0 aromatic carbocycles. The normalized spacial score (nSPS) is 10.4. The third-order valence-corrected chi connectivity index (χ3v) is 3.14. The predicted octanol–water partition coefficient (Wildman–Crippen LogP) is 4.46. The first kappa shape index (κ1) is 16.0. The van der Waals surface area contributed by atoms with E-state index in [1.54, 1.807) is 0 Å². The van der Waals surface area contributed by atoms with Gasteiger partial charge in [0.25, 0.3) is 0 Å². The number of carbonyl (C=O) groups excluding carboxylic acids is 1. The van der Waals surface area contributed by atoms with E-state index in [1.165, 1.54) is 58.3 Å². The van der Waals surface area contributed by atoms with Crippen molar-refractivity contribution in [2.24, 2.45) is 0 Å². The second-order valence-electron chi connectivity index (χ2n) is 4.21. The van der Waals surface area contributed by atoms with Crippen LogP contribution >= 0.6 is 15.9 Å². The Morgan fingerprint density at radius 1 is 0.875 bits per heavy atom. The van der Waals surface area contributed by atoms with Gasteiger partial charge in [0.2, 0.25) is 0 Å². The average Bonchev–Trinajstić information content (AvgIpc) is 2.25. The van der Waals surface area contributed by atoms with E-state index < -0.39 is 0 Å². The molecule has 0 unspecified atom stereocenters. The van der Waals surface area contributed by atoms with Crippen LogP contribution in [0.1, 0.15) is 64.7 Å². The molecule has 0 aromatic rings. The molecule has 0 rings (SSSR count). The summed E-state index contributed by atoms with van der Waals surface area (Å²) in [6.45, 7) is 2.06. The maximum atomic E-state index is 10.5. The van der Waals surface area contributed by atoms with Gasteiger partial charge in [0, 0.05) is 12.3 Å². The van der Waals surface area contributed by atoms with Gasteiger partial charge in [-0.15, -0.1) is 0 Å². The van der Waals surface area contributed by atoms with Crippen LogP contribution < -0.4 is 0 Å². The Kier molecular flexibility index (Phi) is 13.0. The lowest BCUT2D eigenvalue weighted by Crippen LogP contribution is -2.00. The summed E-state index contributed by atoms with van der Waals surface area (Å²) in [6.07, 6.45) is 11.6. The lowest BCUT2D eigenvalue weighted by molar-refractivity contribution is -0.141. The van der Waals surface area contributed by atoms with Crippen LogP contribution in [0.4, 0.5) is 0 Å². The zero-order valence-corrected chi connectivity index (χ0v) is 12.1. The SMILES string of the molecule is CC(=O)OCCCCCCCCCCCBr. The molecule has 0 saturated carbocycles. The molecule has 0 radical (unpaired) electrons. The number of esters is 1. The van der Waals surface area contributed by atoms with Crippen LogP contribution in [0.3, 0.4) is 0 Å². The van der Waals surface area contributed by atoms with Crippen molar-refractivity contribution in [3.8, 4) is 0 Å². The second-order valence-corrected chi connectivity index (χ2v) is 5.00. The van der Waals surface area contributed by atoms with Gasteiger partial charge in [0.15, 0.2) is 0 Å². The van der Waals surface area contributed by atoms with Gasteiger partial charge in [0.1, 0.15) is 0 Å². The maximum Gasteiger partial charge on any atom is 0.302 e. The first-order valence-electron chi connectivity index (χ1n) is 6.46. The van der Waals surface area contributed by atoms with Gasteiger partial charge in [-0.25, -0.2) is 0 Å². The minimum Gasteiger partial charge on any atom is -0.466 e. The summed E-state index contributed by atoms with van der Waals surface area (Å²) in [4.78, 5) is 10.5. The highest BCUT2D eigenvalue weighted by molar-refractivity contribution is 9.09. The van der Waals surface area contributed by atoms with Gasteiger partial charge in [-0.05, 0) is 12.8 Å². The van der Waals surface area contributed by atoms with Crippen LogP contribution in [0.5, 0.6) is 0 Å². The first-order chi connectivity index (χ1) is 7.77. The molecule has 0 N–H and O–H groups in total. The van der Waals surface area contributed by atoms with E-state index in [0.717, 1.165) is 11.8 Å². The van der Waals surface area contributed by atoms with Crippen LogP contribution in [0, 0.1) is 0 Å². The standard InChI is InChI=1S/C13H25BrO2/c1-13(15)16-12-10-8-6-4-2-3-5-7-9-11-14/h2-12H2,1H3. The Balaban J connectivity index is 2.90. The van der Waals surface area contributed by atoms with Crippen molar-refractivity contribution in [3.63, 3.8) is 0 Å². The smallest absolute Gasteiger partial charge is 0.302 e. The fourth-order valence-corrected chi connectivity index (χ4v) is 2.05. The van der Waals surface area contributed by atoms with Crippen molar-refractivity contribution in [3.05, 3.63) is 0 Å². The number of hydrogen-bond acceptors (Lipinski definition) is 2. The summed E-state index contributed by atoms with van der Waals surface area (Å²) >= 11 is 3.44. The molecule has 0 aliphatic carbocycles. The summed E-state index contributed by atoms with van der Waals surface area (Å²) in [7, 11) is 0. The van der Waals surface area contributed by atoms with Gasteiger partial charge in [-0.2, -0.15) is 0 Å². The molecule has 3 heteroatoms. The molecule has 0 atom stereocenters. The lowest BCUT2D eigenvalue weighted by atomic mass is 10.1. The van der Waals surface area contributed by atoms with Crippen molar-refractivity contribution in [2.75, 3.05) is 11.9 Å². The third kappa shape index (κ3) is 13.9. The second kappa shape index (κ2) is 13.0. The average molecular weight is 293 g/mol. The minimum absolute atomic E-state index is 0.160. The van der Waals surface area contributed by atoms with Gasteiger partial charge in [0.05, 0.1) is 6.61 Å². The van der Waals surface area contributed by atoms with Crippen LogP contribution in [0.15, 0.2) is 0 Å². The van der Waals surface area contributed by atoms with Crippen LogP contribution in [0.25, 0.3) is 0 Å². The molecule has 0 fully saturated rings. The van der Waals surface area contributed by atoms with Crippen molar-refractivity contribution >= 4 is 21.9 Å². The van der Waals surface area contributed by atoms with E-state index in [9.17, 15) is 4.79 Å². The molecule has 0 saturated heterocycles. The van der Waals surface area contributed by atoms with Gasteiger partial charge in [-0.1, -0.05) is 60.9 Å². The Morgan fingerprint density at radius 3 is 1.75 bits per heavy atom. The topological polar surface area (TPSA) is 26.3 Å². The Hall–Kier alpha value is -0.0500. The van der Waals surface area contributed by atoms with Crippen LogP contribution in [0.2, 0.25) is 0 Å². The molecule has 0 aromatic heterocycles. The highest BCUT2D eigenvalue weighted by Crippen LogP contribution is 2.10. The highest BCUT2D eigenvalue weighted by atomic mass is 79.9. The summed E-state index contributed by atoms with van der Waals surface area (Å²) < 4.78 is 4.87. The lowest BCUT2D eigenvalue weighted by Gasteiger charge is -2.02. The number of halogens is 1. The number of unbranched alkanes of at least 4 members (excludes halogenated alkanes) is 8. The van der Waals surface area contributed by atoms with E-state index in [4.69, 9.17) is 4.74 Å².